The summed E-state index contributed by atoms with van der Waals surface area (Å²) >= 11 is 12.9. The van der Waals surface area contributed by atoms with Crippen LogP contribution in [0.25, 0.3) is 11.2 Å². The van der Waals surface area contributed by atoms with Gasteiger partial charge in [0.1, 0.15) is 54.5 Å². The summed E-state index contributed by atoms with van der Waals surface area (Å²) in [6.07, 6.45) is -5.51. The van der Waals surface area contributed by atoms with Crippen LogP contribution in [-0.4, -0.2) is 140 Å². The molecule has 0 saturated carbocycles. The molecule has 4 saturated heterocycles. The fourth-order valence-corrected chi connectivity index (χ4v) is 11.2. The average Bonchev–Trinajstić information content (AvgIpc) is 4.15. The quantitative estimate of drug-likeness (QED) is 0.0772. The van der Waals surface area contributed by atoms with Crippen LogP contribution in [0.3, 0.4) is 0 Å². The molecule has 3 aromatic heterocycles. The number of para-hydroxylation sites is 2. The number of nitrogens with zero attached hydrogens (tertiary/aromatic N) is 6. The highest BCUT2D eigenvalue weighted by molar-refractivity contribution is 7.49. The number of ether oxygens (including phenoxy) is 8. The molecule has 11 unspecified atom stereocenters. The van der Waals surface area contributed by atoms with Crippen molar-refractivity contribution in [2.75, 3.05) is 66.8 Å². The second-order valence-corrected chi connectivity index (χ2v) is 20.4. The predicted molar refractivity (Wildman–Crippen MR) is 247 cm³/mol. The van der Waals surface area contributed by atoms with E-state index in [1.807, 2.05) is 14.1 Å². The van der Waals surface area contributed by atoms with Gasteiger partial charge in [-0.2, -0.15) is 0 Å². The van der Waals surface area contributed by atoms with Crippen LogP contribution in [0.1, 0.15) is 25.3 Å². The molecule has 2 aromatic carbocycles. The maximum absolute atomic E-state index is 15.7. The van der Waals surface area contributed by atoms with E-state index in [9.17, 15) is 14.2 Å². The Morgan fingerprint density at radius 2 is 1.44 bits per heavy atom. The van der Waals surface area contributed by atoms with Crippen molar-refractivity contribution < 1.29 is 74.2 Å². The average molecular weight is 1070 g/mol. The van der Waals surface area contributed by atoms with Crippen molar-refractivity contribution in [1.29, 1.82) is 0 Å². The van der Waals surface area contributed by atoms with Crippen molar-refractivity contribution in [2.45, 2.75) is 74.2 Å². The molecule has 4 fully saturated rings. The lowest BCUT2D eigenvalue weighted by Gasteiger charge is -2.40. The molecule has 0 bridgehead atoms. The van der Waals surface area contributed by atoms with Gasteiger partial charge in [-0.05, 0) is 24.3 Å². The van der Waals surface area contributed by atoms with Gasteiger partial charge in [0.05, 0.1) is 42.8 Å². The van der Waals surface area contributed by atoms with Gasteiger partial charge in [-0.15, -0.1) is 0 Å². The number of phosphoric ester groups is 2. The molecule has 0 amide bonds. The molecule has 4 aliphatic heterocycles. The fourth-order valence-electron chi connectivity index (χ4n) is 8.33. The Morgan fingerprint density at radius 1 is 0.789 bits per heavy atom. The van der Waals surface area contributed by atoms with Crippen molar-refractivity contribution in [3.8, 4) is 11.5 Å². The van der Waals surface area contributed by atoms with E-state index in [1.54, 1.807) is 33.7 Å². The number of rotatable bonds is 20. The number of benzene rings is 2. The van der Waals surface area contributed by atoms with Gasteiger partial charge >= 0.3 is 21.3 Å². The molecule has 25 nitrogen and oxygen atoms in total. The second kappa shape index (κ2) is 21.6. The van der Waals surface area contributed by atoms with Gasteiger partial charge in [0.15, 0.2) is 35.2 Å². The van der Waals surface area contributed by atoms with Crippen molar-refractivity contribution in [1.82, 2.24) is 29.1 Å². The van der Waals surface area contributed by atoms with E-state index in [2.05, 4.69) is 19.9 Å². The highest BCUT2D eigenvalue weighted by atomic mass is 35.5. The molecule has 9 rings (SSSR count). The first-order valence-corrected chi connectivity index (χ1v) is 25.6. The van der Waals surface area contributed by atoms with E-state index < -0.39 is 101 Å². The van der Waals surface area contributed by atoms with Crippen LogP contribution in [0.2, 0.25) is 10.0 Å². The number of phosphoric acid groups is 2. The van der Waals surface area contributed by atoms with Gasteiger partial charge in [0, 0.05) is 60.5 Å². The SMILES string of the molecule is COC1OC2C(COP(=O)(Oc3ccccc3Cl)OC3C(COP(=O)(OC)Oc4ccccc4Cl)OC(n4ccc(=O)[nH]c4=O)C3OC3(OC)CCOCC3)OC(n3cnc4c(N(C)C)ncnc43)C2O1. The smallest absolute Gasteiger partial charge is 0.402 e. The molecule has 71 heavy (non-hydrogen) atoms. The van der Waals surface area contributed by atoms with E-state index in [0.717, 1.165) is 17.7 Å². The first-order chi connectivity index (χ1) is 34.1. The third-order valence-corrected chi connectivity index (χ3v) is 15.1. The maximum atomic E-state index is 15.7. The Morgan fingerprint density at radius 3 is 2.08 bits per heavy atom. The van der Waals surface area contributed by atoms with E-state index in [-0.39, 0.29) is 47.6 Å². The number of imidazole rings is 1. The minimum Gasteiger partial charge on any atom is -0.402 e. The number of anilines is 1. The molecular weight excluding hydrogens is 1020 g/mol. The number of hydrogen-bond donors (Lipinski definition) is 1. The lowest BCUT2D eigenvalue weighted by molar-refractivity contribution is -0.292. The highest BCUT2D eigenvalue weighted by Gasteiger charge is 2.58. The summed E-state index contributed by atoms with van der Waals surface area (Å²) in [6, 6.07) is 13.4. The van der Waals surface area contributed by atoms with Crippen LogP contribution in [-0.2, 0) is 65.1 Å². The number of aromatic nitrogens is 6. The predicted octanol–water partition coefficient (Wildman–Crippen LogP) is 5.24. The van der Waals surface area contributed by atoms with E-state index >= 15 is 4.57 Å². The summed E-state index contributed by atoms with van der Waals surface area (Å²) in [5.74, 6) is -1.02. The lowest BCUT2D eigenvalue weighted by atomic mass is 10.1. The number of H-pyrrole nitrogens is 1. The molecule has 0 aliphatic carbocycles. The zero-order chi connectivity index (χ0) is 50.1. The van der Waals surface area contributed by atoms with Gasteiger partial charge in [0.25, 0.3) is 12.0 Å². The lowest BCUT2D eigenvalue weighted by Crippen LogP contribution is -2.49. The van der Waals surface area contributed by atoms with Crippen LogP contribution < -0.4 is 25.2 Å². The van der Waals surface area contributed by atoms with Crippen LogP contribution in [0.15, 0.2) is 83.0 Å². The van der Waals surface area contributed by atoms with Gasteiger partial charge in [0.2, 0.25) is 0 Å². The zero-order valence-corrected chi connectivity index (χ0v) is 41.8. The number of hydrogen-bond acceptors (Lipinski definition) is 22. The molecular formula is C42H49Cl2N7O18P2. The molecule has 5 aromatic rings. The maximum Gasteiger partial charge on any atom is 0.530 e. The number of nitrogens with one attached hydrogen (secondary N) is 1. The normalized spacial score (nSPS) is 27.8. The van der Waals surface area contributed by atoms with E-state index in [1.165, 1.54) is 57.3 Å². The Hall–Kier alpha value is -4.37. The topological polar surface area (TPSA) is 265 Å². The summed E-state index contributed by atoms with van der Waals surface area (Å²) in [6.45, 7) is -2.00. The summed E-state index contributed by atoms with van der Waals surface area (Å²) in [5, 5.41) is 0.112. The Kier molecular flexibility index (Phi) is 15.7. The molecule has 4 aliphatic rings. The molecule has 29 heteroatoms. The Bertz CT molecular complexity index is 2890. The fraction of sp³-hybridized carbons (Fsp3) is 0.500. The van der Waals surface area contributed by atoms with Crippen molar-refractivity contribution in [3.05, 3.63) is 104 Å². The van der Waals surface area contributed by atoms with Crippen LogP contribution in [0.4, 0.5) is 5.82 Å². The number of aromatic amines is 1. The third kappa shape index (κ3) is 11.0. The first-order valence-electron chi connectivity index (χ1n) is 21.9. The van der Waals surface area contributed by atoms with Crippen LogP contribution >= 0.6 is 38.8 Å². The minimum atomic E-state index is -5.11. The first kappa shape index (κ1) is 51.5. The van der Waals surface area contributed by atoms with Gasteiger partial charge in [-0.3, -0.25) is 37.0 Å². The zero-order valence-electron chi connectivity index (χ0n) is 38.5. The number of halogens is 2. The minimum absolute atomic E-state index is 0.0185. The molecule has 7 heterocycles. The van der Waals surface area contributed by atoms with Crippen molar-refractivity contribution in [2.24, 2.45) is 0 Å². The Labute approximate surface area is 414 Å². The second-order valence-electron chi connectivity index (χ2n) is 16.4. The molecule has 1 N–H and O–H groups in total. The Balaban J connectivity index is 1.09. The van der Waals surface area contributed by atoms with Crippen molar-refractivity contribution in [3.63, 3.8) is 0 Å². The van der Waals surface area contributed by atoms with Crippen LogP contribution in [0.5, 0.6) is 11.5 Å². The highest BCUT2D eigenvalue weighted by Crippen LogP contribution is 2.57. The summed E-state index contributed by atoms with van der Waals surface area (Å²) in [5.41, 5.74) is -0.733. The van der Waals surface area contributed by atoms with E-state index in [4.69, 9.17) is 88.2 Å². The molecule has 384 valence electrons. The van der Waals surface area contributed by atoms with Crippen LogP contribution in [0, 0.1) is 0 Å². The van der Waals surface area contributed by atoms with Gasteiger partial charge < -0.3 is 51.8 Å². The summed E-state index contributed by atoms with van der Waals surface area (Å²) in [4.78, 5) is 43.3. The largest absolute Gasteiger partial charge is 0.530 e. The number of fused-ring (bicyclic) bond motifs is 2. The third-order valence-electron chi connectivity index (χ3n) is 11.8. The number of methoxy groups -OCH3 is 2. The van der Waals surface area contributed by atoms with Gasteiger partial charge in [-0.1, -0.05) is 47.5 Å². The van der Waals surface area contributed by atoms with Crippen molar-refractivity contribution >= 4 is 55.8 Å². The molecule has 0 radical (unpaired) electrons. The van der Waals surface area contributed by atoms with Gasteiger partial charge in [-0.25, -0.2) is 28.9 Å². The molecule has 11 atom stereocenters. The monoisotopic (exact) mass is 1070 g/mol. The summed E-state index contributed by atoms with van der Waals surface area (Å²) in [7, 11) is -2.13. The van der Waals surface area contributed by atoms with E-state index in [0.29, 0.717) is 17.0 Å². The molecule has 0 spiro atoms. The summed E-state index contributed by atoms with van der Waals surface area (Å²) < 4.78 is 117. The standard InChI is InChI=1S/C42H49Cl2N7O18P2/c1-49(2)36-31-37(46-22-45-36)51(23-47-31)38-34-32(64-41(56-3)65-34)28(62-38)20-61-71(55,68-27-13-9-7-11-25(27)44)69-33-29(21-60-70(54,58-5)67-26-12-8-6-10-24(26)43)63-39(50-17-14-30(52)48-40(50)53)35(33)66-42(57-4)15-18-59-19-16-42/h6-14,17,22-23,28-29,32-35,38-39,41H,15-16,18-21H2,1-5H3,(H,48,52,53).